The summed E-state index contributed by atoms with van der Waals surface area (Å²) in [6, 6.07) is 3.99. The quantitative estimate of drug-likeness (QED) is 0.389. The maximum Gasteiger partial charge on any atom is 0.407 e. The van der Waals surface area contributed by atoms with E-state index in [0.717, 1.165) is 19.3 Å². The van der Waals surface area contributed by atoms with Crippen LogP contribution in [0.15, 0.2) is 18.2 Å². The van der Waals surface area contributed by atoms with E-state index in [1.165, 1.54) is 0 Å². The fourth-order valence-electron chi connectivity index (χ4n) is 5.06. The number of alkyl carbamates (subject to hydrolysis) is 1. The van der Waals surface area contributed by atoms with Crippen LogP contribution in [0.1, 0.15) is 87.7 Å². The fourth-order valence-corrected chi connectivity index (χ4v) is 5.06. The van der Waals surface area contributed by atoms with Crippen LogP contribution in [0.5, 0.6) is 0 Å². The normalized spacial score (nSPS) is 21.7. The third-order valence-corrected chi connectivity index (χ3v) is 7.03. The molecule has 0 aromatic heterocycles. The summed E-state index contributed by atoms with van der Waals surface area (Å²) in [4.78, 5) is 51.2. The van der Waals surface area contributed by atoms with Gasteiger partial charge >= 0.3 is 6.09 Å². The topological polar surface area (TPSA) is 117 Å². The van der Waals surface area contributed by atoms with E-state index < -0.39 is 42.5 Å². The molecule has 2 aliphatic heterocycles. The molecule has 3 N–H and O–H groups in total. The standard InChI is InChI=1S/C27H36F2N4O5/c1-26(2,3)38-25(37)31-15-27(28,29)13-14-30-18-6-4-5-17-22(18)19(10-9-16-7-8-16)33(24(17)36)20-11-12-21(34)32-23(20)35/h4-6,16,19-20,30H,7-15H2,1-3H3,(H,31,37)(H,32,34,35). The molecule has 4 rings (SSSR count). The SMILES string of the molecule is CC(C)(C)OC(=O)NCC(F)(F)CCNc1cccc2c1C(CCC1CC1)N(C1CCC(=O)NC1=O)C2=O. The van der Waals surface area contributed by atoms with Crippen LogP contribution >= 0.6 is 0 Å². The van der Waals surface area contributed by atoms with Crippen molar-refractivity contribution in [2.75, 3.05) is 18.4 Å². The molecule has 1 aromatic rings. The first-order valence-electron chi connectivity index (χ1n) is 13.2. The Morgan fingerprint density at radius 1 is 1.13 bits per heavy atom. The van der Waals surface area contributed by atoms with Gasteiger partial charge < -0.3 is 20.3 Å². The Kier molecular flexibility index (Phi) is 7.94. The molecule has 2 atom stereocenters. The lowest BCUT2D eigenvalue weighted by atomic mass is 9.95. The van der Waals surface area contributed by atoms with E-state index >= 15 is 0 Å². The van der Waals surface area contributed by atoms with Crippen LogP contribution in [0.4, 0.5) is 19.3 Å². The van der Waals surface area contributed by atoms with Crippen molar-refractivity contribution in [2.24, 2.45) is 5.92 Å². The number of nitrogens with one attached hydrogen (secondary N) is 3. The number of benzene rings is 1. The Morgan fingerprint density at radius 2 is 1.87 bits per heavy atom. The first kappa shape index (κ1) is 27.8. The van der Waals surface area contributed by atoms with Gasteiger partial charge in [-0.2, -0.15) is 0 Å². The van der Waals surface area contributed by atoms with Crippen LogP contribution in [0.25, 0.3) is 0 Å². The molecule has 11 heteroatoms. The van der Waals surface area contributed by atoms with Crippen molar-refractivity contribution in [1.29, 1.82) is 0 Å². The van der Waals surface area contributed by atoms with Gasteiger partial charge in [0.25, 0.3) is 11.8 Å². The maximum absolute atomic E-state index is 14.5. The van der Waals surface area contributed by atoms with Gasteiger partial charge in [-0.15, -0.1) is 0 Å². The Labute approximate surface area is 221 Å². The summed E-state index contributed by atoms with van der Waals surface area (Å²) in [5.74, 6) is -3.71. The third-order valence-electron chi connectivity index (χ3n) is 7.03. The summed E-state index contributed by atoms with van der Waals surface area (Å²) in [6.07, 6.45) is 2.77. The van der Waals surface area contributed by atoms with Gasteiger partial charge in [-0.25, -0.2) is 13.6 Å². The van der Waals surface area contributed by atoms with Crippen LogP contribution in [-0.4, -0.2) is 59.4 Å². The molecule has 1 aliphatic carbocycles. The second-order valence-corrected chi connectivity index (χ2v) is 11.4. The summed E-state index contributed by atoms with van der Waals surface area (Å²) in [7, 11) is 0. The minimum atomic E-state index is -3.18. The number of nitrogens with zero attached hydrogens (tertiary/aromatic N) is 1. The zero-order valence-electron chi connectivity index (χ0n) is 22.1. The highest BCUT2D eigenvalue weighted by atomic mass is 19.3. The number of carbonyl (C=O) groups excluding carboxylic acids is 4. The summed E-state index contributed by atoms with van der Waals surface area (Å²) < 4.78 is 34.0. The number of ether oxygens (including phenoxy) is 1. The first-order valence-corrected chi connectivity index (χ1v) is 13.2. The van der Waals surface area contributed by atoms with E-state index in [4.69, 9.17) is 4.74 Å². The Hall–Kier alpha value is -3.24. The number of hydrogen-bond donors (Lipinski definition) is 3. The molecule has 38 heavy (non-hydrogen) atoms. The van der Waals surface area contributed by atoms with Gasteiger partial charge in [0.05, 0.1) is 12.6 Å². The molecule has 2 fully saturated rings. The molecule has 1 saturated carbocycles. The van der Waals surface area contributed by atoms with Crippen LogP contribution < -0.4 is 16.0 Å². The molecule has 3 aliphatic rings. The number of hydrogen-bond acceptors (Lipinski definition) is 6. The van der Waals surface area contributed by atoms with Crippen molar-refractivity contribution in [1.82, 2.24) is 15.5 Å². The highest BCUT2D eigenvalue weighted by molar-refractivity contribution is 6.06. The van der Waals surface area contributed by atoms with Crippen LogP contribution in [0.2, 0.25) is 0 Å². The highest BCUT2D eigenvalue weighted by Gasteiger charge is 2.46. The number of fused-ring (bicyclic) bond motifs is 1. The molecule has 0 bridgehead atoms. The van der Waals surface area contributed by atoms with Gasteiger partial charge in [0, 0.05) is 36.2 Å². The van der Waals surface area contributed by atoms with Gasteiger partial charge in [0.1, 0.15) is 11.6 Å². The van der Waals surface area contributed by atoms with Gasteiger partial charge in [-0.05, 0) is 58.1 Å². The molecule has 0 spiro atoms. The number of piperidine rings is 1. The van der Waals surface area contributed by atoms with E-state index in [1.807, 2.05) is 0 Å². The molecule has 1 saturated heterocycles. The smallest absolute Gasteiger partial charge is 0.407 e. The average molecular weight is 535 g/mol. The fraction of sp³-hybridized carbons (Fsp3) is 0.630. The number of rotatable bonds is 10. The average Bonchev–Trinajstić information content (AvgIpc) is 3.60. The molecular formula is C27H36F2N4O5. The van der Waals surface area contributed by atoms with E-state index in [0.29, 0.717) is 29.2 Å². The number of anilines is 1. The lowest BCUT2D eigenvalue weighted by Gasteiger charge is -2.35. The lowest BCUT2D eigenvalue weighted by molar-refractivity contribution is -0.137. The van der Waals surface area contributed by atoms with Crippen molar-refractivity contribution in [3.63, 3.8) is 0 Å². The van der Waals surface area contributed by atoms with Gasteiger partial charge in [0.15, 0.2) is 0 Å². The maximum atomic E-state index is 14.5. The third kappa shape index (κ3) is 6.79. The number of alkyl halides is 2. The van der Waals surface area contributed by atoms with Crippen molar-refractivity contribution >= 4 is 29.5 Å². The summed E-state index contributed by atoms with van der Waals surface area (Å²) >= 11 is 0. The predicted octanol–water partition coefficient (Wildman–Crippen LogP) is 4.14. The minimum absolute atomic E-state index is 0.0958. The second-order valence-electron chi connectivity index (χ2n) is 11.4. The largest absolute Gasteiger partial charge is 0.444 e. The number of carbonyl (C=O) groups is 4. The molecule has 0 radical (unpaired) electrons. The number of imide groups is 1. The zero-order chi connectivity index (χ0) is 27.7. The summed E-state index contributed by atoms with van der Waals surface area (Å²) in [5, 5.41) is 7.52. The molecule has 9 nitrogen and oxygen atoms in total. The summed E-state index contributed by atoms with van der Waals surface area (Å²) in [6.45, 7) is 3.99. The van der Waals surface area contributed by atoms with E-state index in [9.17, 15) is 28.0 Å². The molecule has 208 valence electrons. The molecule has 4 amide bonds. The Bertz CT molecular complexity index is 1100. The predicted molar refractivity (Wildman–Crippen MR) is 136 cm³/mol. The minimum Gasteiger partial charge on any atom is -0.444 e. The number of halogens is 2. The lowest BCUT2D eigenvalue weighted by Crippen LogP contribution is -2.53. The summed E-state index contributed by atoms with van der Waals surface area (Å²) in [5.41, 5.74) is 0.934. The van der Waals surface area contributed by atoms with E-state index in [2.05, 4.69) is 16.0 Å². The zero-order valence-corrected chi connectivity index (χ0v) is 22.1. The number of amides is 4. The van der Waals surface area contributed by atoms with Gasteiger partial charge in [-0.3, -0.25) is 19.7 Å². The van der Waals surface area contributed by atoms with Gasteiger partial charge in [0.2, 0.25) is 11.8 Å². The Morgan fingerprint density at radius 3 is 2.53 bits per heavy atom. The Balaban J connectivity index is 1.45. The molecular weight excluding hydrogens is 498 g/mol. The van der Waals surface area contributed by atoms with E-state index in [-0.39, 0.29) is 37.2 Å². The molecule has 1 aromatic carbocycles. The van der Waals surface area contributed by atoms with Crippen molar-refractivity contribution in [2.45, 2.75) is 89.3 Å². The van der Waals surface area contributed by atoms with E-state index in [1.54, 1.807) is 43.9 Å². The molecule has 2 unspecified atom stereocenters. The van der Waals surface area contributed by atoms with Crippen molar-refractivity contribution in [3.8, 4) is 0 Å². The van der Waals surface area contributed by atoms with Gasteiger partial charge in [-0.1, -0.05) is 18.9 Å². The monoisotopic (exact) mass is 534 g/mol. The van der Waals surface area contributed by atoms with Crippen molar-refractivity contribution < 1.29 is 32.7 Å². The molecule has 2 heterocycles. The van der Waals surface area contributed by atoms with Crippen LogP contribution in [0, 0.1) is 5.92 Å². The first-order chi connectivity index (χ1) is 17.8. The van der Waals surface area contributed by atoms with Crippen LogP contribution in [-0.2, 0) is 14.3 Å². The van der Waals surface area contributed by atoms with Crippen LogP contribution in [0.3, 0.4) is 0 Å². The second kappa shape index (κ2) is 10.9. The van der Waals surface area contributed by atoms with Crippen molar-refractivity contribution in [3.05, 3.63) is 29.3 Å². The highest BCUT2D eigenvalue weighted by Crippen LogP contribution is 2.46.